The largest absolute Gasteiger partial charge is 0.497 e. The summed E-state index contributed by atoms with van der Waals surface area (Å²) in [6, 6.07) is 38.1. The quantitative estimate of drug-likeness (QED) is 0.0293. The molecule has 0 N–H and O–H groups in total. The monoisotopic (exact) mass is 903 g/mol. The van der Waals surface area contributed by atoms with Crippen LogP contribution in [0.5, 0.6) is 11.5 Å². The van der Waals surface area contributed by atoms with E-state index in [0.717, 1.165) is 27.1 Å². The second-order valence-corrected chi connectivity index (χ2v) is 18.0. The number of hydrogen-bond donors (Lipinski definition) is 0. The molecule has 0 aliphatic carbocycles. The van der Waals surface area contributed by atoms with Gasteiger partial charge in [0.2, 0.25) is 0 Å². The van der Waals surface area contributed by atoms with Crippen molar-refractivity contribution in [2.45, 2.75) is 87.3 Å². The number of nitriles is 1. The Kier molecular flexibility index (Phi) is 16.0. The van der Waals surface area contributed by atoms with Crippen LogP contribution in [-0.4, -0.2) is 80.7 Å². The van der Waals surface area contributed by atoms with E-state index < -0.39 is 38.3 Å². The molecule has 0 saturated carbocycles. The van der Waals surface area contributed by atoms with E-state index in [4.69, 9.17) is 28.0 Å². The predicted octanol–water partition coefficient (Wildman–Crippen LogP) is 9.09. The fraction of sp³-hybridized carbons (Fsp3) is 0.354. The molecule has 16 heteroatoms. The van der Waals surface area contributed by atoms with Crippen molar-refractivity contribution in [3.8, 4) is 23.4 Å². The number of aromatic nitrogens is 5. The van der Waals surface area contributed by atoms with Crippen molar-refractivity contribution in [2.24, 2.45) is 0 Å². The van der Waals surface area contributed by atoms with Crippen LogP contribution in [0.1, 0.15) is 69.0 Å². The van der Waals surface area contributed by atoms with Gasteiger partial charge >= 0.3 is 5.69 Å². The van der Waals surface area contributed by atoms with Gasteiger partial charge in [-0.05, 0) is 80.8 Å². The zero-order chi connectivity index (χ0) is 45.1. The fourth-order valence-corrected chi connectivity index (χ4v) is 10.5. The van der Waals surface area contributed by atoms with Crippen LogP contribution < -0.4 is 15.2 Å². The smallest absolute Gasteiger partial charge is 0.351 e. The van der Waals surface area contributed by atoms with Gasteiger partial charge in [0.25, 0.3) is 8.53 Å². The first-order valence-electron chi connectivity index (χ1n) is 21.2. The maximum Gasteiger partial charge on any atom is 0.351 e. The summed E-state index contributed by atoms with van der Waals surface area (Å²) in [5, 5.41) is 13.8. The van der Waals surface area contributed by atoms with Gasteiger partial charge in [0.15, 0.2) is 5.82 Å². The molecule has 1 aliphatic heterocycles. The van der Waals surface area contributed by atoms with E-state index in [1.807, 2.05) is 109 Å². The van der Waals surface area contributed by atoms with Crippen LogP contribution in [0.3, 0.4) is 0 Å². The maximum absolute atomic E-state index is 14.2. The van der Waals surface area contributed by atoms with Crippen LogP contribution in [0.4, 0.5) is 0 Å². The summed E-state index contributed by atoms with van der Waals surface area (Å²) < 4.78 is 44.2. The molecule has 6 aromatic rings. The Morgan fingerprint density at radius 2 is 1.50 bits per heavy atom. The fourth-order valence-electron chi connectivity index (χ4n) is 7.83. The normalized spacial score (nSPS) is 16.9. The van der Waals surface area contributed by atoms with Gasteiger partial charge in [-0.25, -0.2) is 19.1 Å². The van der Waals surface area contributed by atoms with Crippen molar-refractivity contribution < 1.29 is 28.0 Å². The molecule has 0 amide bonds. The van der Waals surface area contributed by atoms with Crippen LogP contribution in [0.25, 0.3) is 5.82 Å². The second kappa shape index (κ2) is 22.0. The Morgan fingerprint density at radius 3 is 2.06 bits per heavy atom. The van der Waals surface area contributed by atoms with Gasteiger partial charge in [-0.1, -0.05) is 72.8 Å². The molecule has 0 radical (unpaired) electrons. The third-order valence-corrected chi connectivity index (χ3v) is 14.0. The van der Waals surface area contributed by atoms with E-state index in [0.29, 0.717) is 23.1 Å². The highest BCUT2D eigenvalue weighted by Crippen LogP contribution is 2.51. The van der Waals surface area contributed by atoms with Gasteiger partial charge in [-0.2, -0.15) is 15.3 Å². The molecule has 1 aliphatic rings. The predicted molar refractivity (Wildman–Crippen MR) is 246 cm³/mol. The molecule has 64 heavy (non-hydrogen) atoms. The number of benzene rings is 4. The van der Waals surface area contributed by atoms with Crippen molar-refractivity contribution in [1.29, 1.82) is 5.26 Å². The first-order chi connectivity index (χ1) is 31.1. The topological polar surface area (TPSA) is 148 Å². The Labute approximate surface area is 380 Å². The molecule has 0 bridgehead atoms. The molecule has 0 spiro atoms. The van der Waals surface area contributed by atoms with Crippen molar-refractivity contribution in [1.82, 2.24) is 29.0 Å². The number of nitrogens with zero attached hydrogens (tertiary/aromatic N) is 7. The number of methoxy groups -OCH3 is 2. The molecule has 3 heterocycles. The Hall–Kier alpha value is -5.43. The number of ether oxygens (including phenoxy) is 4. The van der Waals surface area contributed by atoms with Gasteiger partial charge in [-0.3, -0.25) is 4.57 Å². The van der Waals surface area contributed by atoms with Crippen LogP contribution in [0.15, 0.2) is 138 Å². The lowest BCUT2D eigenvalue weighted by atomic mass is 9.80. The SMILES string of the molecule is COc1ccc(C(OC[C@H]2O[C@@H](n3cc(CSc4ccccc4)c(-n4cncn4)nc3=O)C[C@@H]2OP(OCCC#N)N(C(C)C)C(C)C)(c2ccccc2)c2ccc(OC)cc2)cc1. The summed E-state index contributed by atoms with van der Waals surface area (Å²) in [5.41, 5.74) is 1.69. The van der Waals surface area contributed by atoms with Gasteiger partial charge in [-0.15, -0.1) is 11.8 Å². The van der Waals surface area contributed by atoms with Gasteiger partial charge in [0.05, 0.1) is 46.0 Å². The van der Waals surface area contributed by atoms with E-state index in [9.17, 15) is 10.1 Å². The lowest BCUT2D eigenvalue weighted by Gasteiger charge is -2.39. The van der Waals surface area contributed by atoms with Crippen molar-refractivity contribution in [3.05, 3.63) is 161 Å². The molecular formula is C48H54N7O7PS. The van der Waals surface area contributed by atoms with Gasteiger partial charge < -0.3 is 28.0 Å². The minimum atomic E-state index is -1.70. The molecule has 1 fully saturated rings. The molecular weight excluding hydrogens is 850 g/mol. The third-order valence-electron chi connectivity index (χ3n) is 10.8. The highest BCUT2D eigenvalue weighted by molar-refractivity contribution is 7.98. The summed E-state index contributed by atoms with van der Waals surface area (Å²) in [6.07, 6.45) is 3.10. The zero-order valence-electron chi connectivity index (χ0n) is 36.9. The summed E-state index contributed by atoms with van der Waals surface area (Å²) in [7, 11) is 1.57. The zero-order valence-corrected chi connectivity index (χ0v) is 38.6. The Morgan fingerprint density at radius 1 is 0.891 bits per heavy atom. The van der Waals surface area contributed by atoms with Crippen LogP contribution >= 0.6 is 20.3 Å². The number of hydrogen-bond acceptors (Lipinski definition) is 13. The molecule has 4 atom stereocenters. The molecule has 1 unspecified atom stereocenters. The highest BCUT2D eigenvalue weighted by atomic mass is 32.2. The van der Waals surface area contributed by atoms with E-state index in [1.54, 1.807) is 32.2 Å². The average Bonchev–Trinajstić information content (AvgIpc) is 4.00. The molecule has 7 rings (SSSR count). The average molecular weight is 904 g/mol. The molecule has 1 saturated heterocycles. The lowest BCUT2D eigenvalue weighted by Crippen LogP contribution is -2.39. The first-order valence-corrected chi connectivity index (χ1v) is 23.3. The second-order valence-electron chi connectivity index (χ2n) is 15.6. The lowest BCUT2D eigenvalue weighted by molar-refractivity contribution is -0.0925. The van der Waals surface area contributed by atoms with Gasteiger partial charge in [0.1, 0.15) is 42.1 Å². The summed E-state index contributed by atoms with van der Waals surface area (Å²) in [6.45, 7) is 8.60. The van der Waals surface area contributed by atoms with Crippen molar-refractivity contribution in [3.63, 3.8) is 0 Å². The minimum absolute atomic E-state index is 0.0365. The number of thioether (sulfide) groups is 1. The molecule has 14 nitrogen and oxygen atoms in total. The standard InChI is InChI=1S/C48H54N7O7PS/c1-34(2)55(35(3)4)63(60-27-13-26-49)62-43-28-45(53-29-36(31-64-42-16-11-8-12-17-42)46(52-47(53)56)54-33-50-32-51-54)61-44(43)30-59-48(37-14-9-7-10-15-37,38-18-22-40(57-5)23-19-38)39-20-24-41(58-6)25-21-39/h7-12,14-25,29,32-35,43-45H,13,27-28,30-31H2,1-6H3/t43-,44+,45+,63?/m0/s1. The van der Waals surface area contributed by atoms with E-state index in [-0.39, 0.29) is 38.1 Å². The van der Waals surface area contributed by atoms with Crippen LogP contribution in [0, 0.1) is 11.3 Å². The molecule has 2 aromatic heterocycles. The van der Waals surface area contributed by atoms with E-state index in [1.165, 1.54) is 21.9 Å². The highest BCUT2D eigenvalue weighted by Gasteiger charge is 2.45. The summed E-state index contributed by atoms with van der Waals surface area (Å²) in [4.78, 5) is 23.9. The maximum atomic E-state index is 14.2. The summed E-state index contributed by atoms with van der Waals surface area (Å²) >= 11 is 1.62. The Balaban J connectivity index is 1.31. The van der Waals surface area contributed by atoms with Crippen molar-refractivity contribution in [2.75, 3.05) is 27.4 Å². The summed E-state index contributed by atoms with van der Waals surface area (Å²) in [5.74, 6) is 2.29. The van der Waals surface area contributed by atoms with Crippen LogP contribution in [-0.2, 0) is 29.9 Å². The number of rotatable bonds is 21. The Bertz CT molecular complexity index is 2420. The molecule has 334 valence electrons. The van der Waals surface area contributed by atoms with E-state index in [2.05, 4.69) is 53.5 Å². The molecule has 4 aromatic carbocycles. The van der Waals surface area contributed by atoms with Gasteiger partial charge in [0, 0.05) is 40.9 Å². The third kappa shape index (κ3) is 10.7. The first kappa shape index (κ1) is 46.6. The van der Waals surface area contributed by atoms with E-state index >= 15 is 0 Å². The van der Waals surface area contributed by atoms with Crippen LogP contribution in [0.2, 0.25) is 0 Å². The minimum Gasteiger partial charge on any atom is -0.497 e. The van der Waals surface area contributed by atoms with Crippen molar-refractivity contribution >= 4 is 20.3 Å².